The van der Waals surface area contributed by atoms with Crippen molar-refractivity contribution in [2.75, 3.05) is 19.6 Å². The highest BCUT2D eigenvalue weighted by molar-refractivity contribution is 7.98. The van der Waals surface area contributed by atoms with Crippen molar-refractivity contribution in [3.63, 3.8) is 0 Å². The topological polar surface area (TPSA) is 54.0 Å². The predicted octanol–water partition coefficient (Wildman–Crippen LogP) is 3.23. The van der Waals surface area contributed by atoms with Gasteiger partial charge in [-0.2, -0.15) is 0 Å². The second-order valence-electron chi connectivity index (χ2n) is 5.00. The largest absolute Gasteiger partial charge is 0.352 e. The van der Waals surface area contributed by atoms with Gasteiger partial charge in [0.05, 0.1) is 16.8 Å². The molecule has 1 aromatic carbocycles. The third-order valence-electron chi connectivity index (χ3n) is 3.41. The van der Waals surface area contributed by atoms with Crippen LogP contribution in [0.3, 0.4) is 0 Å². The molecule has 2 N–H and O–H groups in total. The van der Waals surface area contributed by atoms with E-state index in [1.165, 1.54) is 0 Å². The van der Waals surface area contributed by atoms with E-state index in [1.807, 2.05) is 35.2 Å². The Labute approximate surface area is 156 Å². The smallest absolute Gasteiger partial charge is 0.252 e. The summed E-state index contributed by atoms with van der Waals surface area (Å²) in [4.78, 5) is 17.6. The fourth-order valence-corrected chi connectivity index (χ4v) is 3.68. The maximum absolute atomic E-state index is 12.3. The van der Waals surface area contributed by atoms with Gasteiger partial charge in [-0.05, 0) is 12.1 Å². The van der Waals surface area contributed by atoms with E-state index >= 15 is 0 Å². The Bertz CT molecular complexity index is 607. The standard InChI is InChI=1S/C15H17N3OS2.2ClH/c19-15(17-7-11-5-16-6-11)13-3-1-2-4-14(13)21-9-12-8-20-10-18-12;;/h1-4,8,10-11,16H,5-7,9H2,(H,17,19);2*1H. The van der Waals surface area contributed by atoms with Crippen molar-refractivity contribution >= 4 is 53.8 Å². The summed E-state index contributed by atoms with van der Waals surface area (Å²) < 4.78 is 0. The highest BCUT2D eigenvalue weighted by Crippen LogP contribution is 2.26. The molecule has 0 radical (unpaired) electrons. The molecule has 3 rings (SSSR count). The number of thioether (sulfide) groups is 1. The van der Waals surface area contributed by atoms with E-state index < -0.39 is 0 Å². The second kappa shape index (κ2) is 10.2. The highest BCUT2D eigenvalue weighted by atomic mass is 35.5. The Kier molecular flexibility index (Phi) is 8.94. The average Bonchev–Trinajstić information content (AvgIpc) is 2.97. The zero-order chi connectivity index (χ0) is 14.5. The van der Waals surface area contributed by atoms with Gasteiger partial charge in [-0.15, -0.1) is 47.9 Å². The molecule has 126 valence electrons. The normalized spacial score (nSPS) is 13.4. The maximum atomic E-state index is 12.3. The minimum atomic E-state index is 0. The van der Waals surface area contributed by atoms with Crippen molar-refractivity contribution in [2.45, 2.75) is 10.6 Å². The Balaban J connectivity index is 0.00000132. The molecule has 1 aromatic heterocycles. The third-order valence-corrected chi connectivity index (χ3v) is 5.15. The first-order valence-corrected chi connectivity index (χ1v) is 8.83. The van der Waals surface area contributed by atoms with Gasteiger partial charge in [-0.1, -0.05) is 12.1 Å². The second-order valence-corrected chi connectivity index (χ2v) is 6.73. The average molecular weight is 392 g/mol. The summed E-state index contributed by atoms with van der Waals surface area (Å²) in [6, 6.07) is 7.76. The number of benzene rings is 1. The molecular weight excluding hydrogens is 373 g/mol. The third kappa shape index (κ3) is 5.65. The molecule has 0 atom stereocenters. The molecule has 1 aliphatic rings. The molecule has 1 saturated heterocycles. The number of halogens is 2. The van der Waals surface area contributed by atoms with Crippen LogP contribution in [-0.2, 0) is 5.75 Å². The maximum Gasteiger partial charge on any atom is 0.252 e. The van der Waals surface area contributed by atoms with Crippen LogP contribution in [0.5, 0.6) is 0 Å². The lowest BCUT2D eigenvalue weighted by atomic mass is 10.0. The molecule has 2 aromatic rings. The van der Waals surface area contributed by atoms with Crippen LogP contribution in [0.25, 0.3) is 0 Å². The van der Waals surface area contributed by atoms with E-state index in [0.29, 0.717) is 5.92 Å². The summed E-state index contributed by atoms with van der Waals surface area (Å²) in [6.45, 7) is 2.75. The molecule has 1 amide bonds. The van der Waals surface area contributed by atoms with Crippen molar-refractivity contribution in [3.8, 4) is 0 Å². The number of carbonyl (C=O) groups is 1. The van der Waals surface area contributed by atoms with Crippen molar-refractivity contribution in [1.82, 2.24) is 15.6 Å². The van der Waals surface area contributed by atoms with Crippen LogP contribution in [0.2, 0.25) is 0 Å². The fourth-order valence-electron chi connectivity index (χ4n) is 2.07. The van der Waals surface area contributed by atoms with Crippen LogP contribution in [0.4, 0.5) is 0 Å². The van der Waals surface area contributed by atoms with Crippen molar-refractivity contribution < 1.29 is 4.79 Å². The quantitative estimate of drug-likeness (QED) is 0.742. The lowest BCUT2D eigenvalue weighted by molar-refractivity contribution is 0.0939. The Morgan fingerprint density at radius 2 is 2.13 bits per heavy atom. The van der Waals surface area contributed by atoms with Gasteiger partial charge in [-0.25, -0.2) is 4.98 Å². The molecule has 4 nitrogen and oxygen atoms in total. The zero-order valence-corrected chi connectivity index (χ0v) is 15.6. The number of hydrogen-bond acceptors (Lipinski definition) is 5. The number of nitrogens with one attached hydrogen (secondary N) is 2. The first-order chi connectivity index (χ1) is 10.3. The minimum absolute atomic E-state index is 0. The number of hydrogen-bond donors (Lipinski definition) is 2. The van der Waals surface area contributed by atoms with Gasteiger partial charge in [0.1, 0.15) is 0 Å². The van der Waals surface area contributed by atoms with Gasteiger partial charge in [-0.3, -0.25) is 4.79 Å². The van der Waals surface area contributed by atoms with Gasteiger partial charge < -0.3 is 10.6 Å². The lowest BCUT2D eigenvalue weighted by Crippen LogP contribution is -2.48. The van der Waals surface area contributed by atoms with Gasteiger partial charge in [0.2, 0.25) is 0 Å². The first-order valence-electron chi connectivity index (χ1n) is 6.91. The summed E-state index contributed by atoms with van der Waals surface area (Å²) in [5, 5.41) is 8.28. The van der Waals surface area contributed by atoms with E-state index in [2.05, 4.69) is 15.6 Å². The monoisotopic (exact) mass is 391 g/mol. The van der Waals surface area contributed by atoms with Gasteiger partial charge >= 0.3 is 0 Å². The van der Waals surface area contributed by atoms with Gasteiger partial charge in [0, 0.05) is 41.6 Å². The van der Waals surface area contributed by atoms with Crippen molar-refractivity contribution in [3.05, 3.63) is 46.4 Å². The Hall–Kier alpha value is -0.790. The lowest BCUT2D eigenvalue weighted by Gasteiger charge is -2.27. The van der Waals surface area contributed by atoms with Crippen LogP contribution in [-0.4, -0.2) is 30.5 Å². The van der Waals surface area contributed by atoms with Crippen molar-refractivity contribution in [2.24, 2.45) is 5.92 Å². The Morgan fingerprint density at radius 3 is 2.78 bits per heavy atom. The summed E-state index contributed by atoms with van der Waals surface area (Å²) in [6.07, 6.45) is 0. The first kappa shape index (κ1) is 20.3. The van der Waals surface area contributed by atoms with Crippen LogP contribution in [0.1, 0.15) is 16.1 Å². The van der Waals surface area contributed by atoms with Crippen molar-refractivity contribution in [1.29, 1.82) is 0 Å². The molecule has 0 saturated carbocycles. The number of aromatic nitrogens is 1. The molecule has 0 aliphatic carbocycles. The van der Waals surface area contributed by atoms with Crippen LogP contribution < -0.4 is 10.6 Å². The van der Waals surface area contributed by atoms with Crippen LogP contribution in [0.15, 0.2) is 40.1 Å². The number of thiazole rings is 1. The van der Waals surface area contributed by atoms with E-state index in [-0.39, 0.29) is 30.7 Å². The molecule has 2 heterocycles. The molecule has 8 heteroatoms. The van der Waals surface area contributed by atoms with E-state index in [4.69, 9.17) is 0 Å². The van der Waals surface area contributed by atoms with E-state index in [0.717, 1.165) is 41.5 Å². The molecule has 0 spiro atoms. The molecule has 1 fully saturated rings. The van der Waals surface area contributed by atoms with Crippen LogP contribution >= 0.6 is 47.9 Å². The molecule has 0 bridgehead atoms. The molecular formula is C15H19Cl2N3OS2. The van der Waals surface area contributed by atoms with E-state index in [1.54, 1.807) is 23.1 Å². The highest BCUT2D eigenvalue weighted by Gasteiger charge is 2.18. The zero-order valence-electron chi connectivity index (χ0n) is 12.4. The Morgan fingerprint density at radius 1 is 1.35 bits per heavy atom. The minimum Gasteiger partial charge on any atom is -0.352 e. The number of amides is 1. The van der Waals surface area contributed by atoms with Gasteiger partial charge in [0.25, 0.3) is 5.91 Å². The predicted molar refractivity (Wildman–Crippen MR) is 101 cm³/mol. The molecule has 1 aliphatic heterocycles. The summed E-state index contributed by atoms with van der Waals surface area (Å²) in [7, 11) is 0. The number of rotatable bonds is 6. The fraction of sp³-hybridized carbons (Fsp3) is 0.333. The van der Waals surface area contributed by atoms with Crippen LogP contribution in [0, 0.1) is 5.92 Å². The summed E-state index contributed by atoms with van der Waals surface area (Å²) in [5.41, 5.74) is 3.65. The molecule has 23 heavy (non-hydrogen) atoms. The van der Waals surface area contributed by atoms with E-state index in [9.17, 15) is 4.79 Å². The summed E-state index contributed by atoms with van der Waals surface area (Å²) in [5.74, 6) is 1.38. The van der Waals surface area contributed by atoms with Gasteiger partial charge in [0.15, 0.2) is 0 Å². The summed E-state index contributed by atoms with van der Waals surface area (Å²) >= 11 is 3.25. The number of carbonyl (C=O) groups excluding carboxylic acids is 1. The number of nitrogens with zero attached hydrogens (tertiary/aromatic N) is 1. The molecule has 0 unspecified atom stereocenters. The SMILES string of the molecule is Cl.Cl.O=C(NCC1CNC1)c1ccccc1SCc1cscn1.